The fourth-order valence-corrected chi connectivity index (χ4v) is 1.57. The van der Waals surface area contributed by atoms with Crippen LogP contribution in [0.5, 0.6) is 0 Å². The van der Waals surface area contributed by atoms with Gasteiger partial charge in [-0.1, -0.05) is 13.8 Å². The van der Waals surface area contributed by atoms with Crippen molar-refractivity contribution < 1.29 is 5.11 Å². The lowest BCUT2D eigenvalue weighted by Crippen LogP contribution is -2.40. The second-order valence-electron chi connectivity index (χ2n) is 3.81. The number of nitrogens with one attached hydrogen (secondary N) is 1. The van der Waals surface area contributed by atoms with Gasteiger partial charge in [-0.2, -0.15) is 5.26 Å². The maximum absolute atomic E-state index is 9.42. The summed E-state index contributed by atoms with van der Waals surface area (Å²) in [6, 6.07) is 5.49. The Hall–Kier alpha value is -1.60. The normalized spacial score (nSPS) is 10.9. The van der Waals surface area contributed by atoms with Gasteiger partial charge in [0.25, 0.3) is 0 Å². The van der Waals surface area contributed by atoms with Gasteiger partial charge in [-0.3, -0.25) is 0 Å². The summed E-state index contributed by atoms with van der Waals surface area (Å²) >= 11 is 0. The molecular weight excluding hydrogens is 202 g/mol. The van der Waals surface area contributed by atoms with Crippen molar-refractivity contribution in [3.63, 3.8) is 0 Å². The number of pyridine rings is 1. The van der Waals surface area contributed by atoms with Crippen LogP contribution in [-0.2, 0) is 0 Å². The fourth-order valence-electron chi connectivity index (χ4n) is 1.57. The molecule has 0 bridgehead atoms. The summed E-state index contributed by atoms with van der Waals surface area (Å²) in [6.45, 7) is 4.13. The summed E-state index contributed by atoms with van der Waals surface area (Å²) in [5, 5.41) is 21.4. The minimum atomic E-state index is -0.311. The molecule has 0 aliphatic heterocycles. The summed E-state index contributed by atoms with van der Waals surface area (Å²) in [6.07, 6.45) is 3.24. The molecule has 0 aliphatic rings. The summed E-state index contributed by atoms with van der Waals surface area (Å²) in [5.74, 6) is 0. The lowest BCUT2D eigenvalue weighted by molar-refractivity contribution is 0.202. The first-order valence-corrected chi connectivity index (χ1v) is 5.45. The third-order valence-electron chi connectivity index (χ3n) is 2.94. The molecule has 86 valence electrons. The van der Waals surface area contributed by atoms with Crippen LogP contribution in [0, 0.1) is 11.3 Å². The molecule has 0 aliphatic carbocycles. The van der Waals surface area contributed by atoms with Gasteiger partial charge in [-0.25, -0.2) is 4.98 Å². The number of anilines is 1. The van der Waals surface area contributed by atoms with Gasteiger partial charge >= 0.3 is 0 Å². The largest absolute Gasteiger partial charge is 0.394 e. The minimum absolute atomic E-state index is 0.0736. The van der Waals surface area contributed by atoms with Crippen LogP contribution < -0.4 is 5.32 Å². The zero-order valence-corrected chi connectivity index (χ0v) is 9.70. The Morgan fingerprint density at radius 1 is 1.50 bits per heavy atom. The topological polar surface area (TPSA) is 68.9 Å². The molecule has 0 radical (unpaired) electrons. The lowest BCUT2D eigenvalue weighted by atomic mass is 9.93. The van der Waals surface area contributed by atoms with Crippen molar-refractivity contribution in [3.05, 3.63) is 24.0 Å². The van der Waals surface area contributed by atoms with E-state index in [1.807, 2.05) is 19.9 Å². The van der Waals surface area contributed by atoms with Gasteiger partial charge in [-0.05, 0) is 25.0 Å². The van der Waals surface area contributed by atoms with E-state index in [0.717, 1.165) is 18.5 Å². The standard InChI is InChI=1S/C12H17N3O/c1-3-12(4-2,9-16)15-10-5-6-14-11(7-10)8-13/h5-7,16H,3-4,9H2,1-2H3,(H,14,15). The summed E-state index contributed by atoms with van der Waals surface area (Å²) in [5.41, 5.74) is 0.891. The highest BCUT2D eigenvalue weighted by atomic mass is 16.3. The summed E-state index contributed by atoms with van der Waals surface area (Å²) < 4.78 is 0. The van der Waals surface area contributed by atoms with Crippen LogP contribution >= 0.6 is 0 Å². The first-order chi connectivity index (χ1) is 7.69. The van der Waals surface area contributed by atoms with Crippen LogP contribution in [0.2, 0.25) is 0 Å². The second kappa shape index (κ2) is 5.47. The van der Waals surface area contributed by atoms with Gasteiger partial charge in [0.2, 0.25) is 0 Å². The highest BCUT2D eigenvalue weighted by molar-refractivity contribution is 5.48. The second-order valence-corrected chi connectivity index (χ2v) is 3.81. The van der Waals surface area contributed by atoms with Crippen molar-refractivity contribution in [2.24, 2.45) is 0 Å². The van der Waals surface area contributed by atoms with Crippen LogP contribution in [0.1, 0.15) is 32.4 Å². The molecule has 4 nitrogen and oxygen atoms in total. The Balaban J connectivity index is 2.90. The molecule has 0 saturated carbocycles. The molecule has 1 aromatic heterocycles. The van der Waals surface area contributed by atoms with E-state index in [-0.39, 0.29) is 12.1 Å². The maximum atomic E-state index is 9.42. The van der Waals surface area contributed by atoms with Crippen LogP contribution in [0.15, 0.2) is 18.3 Å². The van der Waals surface area contributed by atoms with Crippen molar-refractivity contribution in [1.29, 1.82) is 5.26 Å². The molecular formula is C12H17N3O. The molecule has 4 heteroatoms. The van der Waals surface area contributed by atoms with Crippen molar-refractivity contribution in [2.75, 3.05) is 11.9 Å². The third-order valence-corrected chi connectivity index (χ3v) is 2.94. The predicted molar refractivity (Wildman–Crippen MR) is 63.0 cm³/mol. The van der Waals surface area contributed by atoms with Crippen LogP contribution in [0.25, 0.3) is 0 Å². The van der Waals surface area contributed by atoms with Crippen LogP contribution in [0.4, 0.5) is 5.69 Å². The number of aromatic nitrogens is 1. The monoisotopic (exact) mass is 219 g/mol. The molecule has 1 heterocycles. The van der Waals surface area contributed by atoms with Crippen molar-refractivity contribution in [2.45, 2.75) is 32.2 Å². The zero-order valence-electron chi connectivity index (χ0n) is 9.70. The summed E-state index contributed by atoms with van der Waals surface area (Å²) in [7, 11) is 0. The lowest BCUT2D eigenvalue weighted by Gasteiger charge is -2.31. The van der Waals surface area contributed by atoms with E-state index < -0.39 is 0 Å². The van der Waals surface area contributed by atoms with Crippen molar-refractivity contribution in [3.8, 4) is 6.07 Å². The molecule has 0 aromatic carbocycles. The summed E-state index contributed by atoms with van der Waals surface area (Å²) in [4.78, 5) is 3.90. The molecule has 0 amide bonds. The highest BCUT2D eigenvalue weighted by Gasteiger charge is 2.24. The van der Waals surface area contributed by atoms with E-state index in [9.17, 15) is 5.11 Å². The van der Waals surface area contributed by atoms with E-state index in [1.165, 1.54) is 0 Å². The average Bonchev–Trinajstić information content (AvgIpc) is 2.36. The molecule has 0 unspecified atom stereocenters. The quantitative estimate of drug-likeness (QED) is 0.793. The molecule has 16 heavy (non-hydrogen) atoms. The zero-order chi connectivity index (χ0) is 12.0. The molecule has 0 spiro atoms. The number of aliphatic hydroxyl groups is 1. The van der Waals surface area contributed by atoms with Gasteiger partial charge < -0.3 is 10.4 Å². The van der Waals surface area contributed by atoms with E-state index in [1.54, 1.807) is 18.3 Å². The molecule has 1 aromatic rings. The molecule has 0 saturated heterocycles. The third kappa shape index (κ3) is 2.71. The molecule has 0 fully saturated rings. The Labute approximate surface area is 95.9 Å². The fraction of sp³-hybridized carbons (Fsp3) is 0.500. The first kappa shape index (κ1) is 12.5. The first-order valence-electron chi connectivity index (χ1n) is 5.45. The molecule has 0 atom stereocenters. The Bertz CT molecular complexity index is 372. The van der Waals surface area contributed by atoms with Crippen LogP contribution in [0.3, 0.4) is 0 Å². The molecule has 2 N–H and O–H groups in total. The van der Waals surface area contributed by atoms with Gasteiger partial charge in [0, 0.05) is 11.9 Å². The van der Waals surface area contributed by atoms with E-state index in [0.29, 0.717) is 5.69 Å². The Kier molecular flexibility index (Phi) is 4.27. The number of nitrogens with zero attached hydrogens (tertiary/aromatic N) is 2. The number of nitriles is 1. The number of rotatable bonds is 5. The van der Waals surface area contributed by atoms with E-state index >= 15 is 0 Å². The Morgan fingerprint density at radius 3 is 2.69 bits per heavy atom. The van der Waals surface area contributed by atoms with Crippen molar-refractivity contribution >= 4 is 5.69 Å². The number of hydrogen-bond acceptors (Lipinski definition) is 4. The smallest absolute Gasteiger partial charge is 0.142 e. The highest BCUT2D eigenvalue weighted by Crippen LogP contribution is 2.21. The van der Waals surface area contributed by atoms with Gasteiger partial charge in [0.15, 0.2) is 0 Å². The van der Waals surface area contributed by atoms with Crippen molar-refractivity contribution in [1.82, 2.24) is 4.98 Å². The van der Waals surface area contributed by atoms with E-state index in [4.69, 9.17) is 5.26 Å². The Morgan fingerprint density at radius 2 is 2.19 bits per heavy atom. The predicted octanol–water partition coefficient (Wildman–Crippen LogP) is 1.92. The van der Waals surface area contributed by atoms with Gasteiger partial charge in [-0.15, -0.1) is 0 Å². The number of hydrogen-bond donors (Lipinski definition) is 2. The average molecular weight is 219 g/mol. The number of aliphatic hydroxyl groups excluding tert-OH is 1. The minimum Gasteiger partial charge on any atom is -0.394 e. The van der Waals surface area contributed by atoms with Crippen LogP contribution in [-0.4, -0.2) is 22.2 Å². The van der Waals surface area contributed by atoms with E-state index in [2.05, 4.69) is 10.3 Å². The maximum Gasteiger partial charge on any atom is 0.142 e. The van der Waals surface area contributed by atoms with Gasteiger partial charge in [0.1, 0.15) is 11.8 Å². The van der Waals surface area contributed by atoms with Gasteiger partial charge in [0.05, 0.1) is 12.1 Å². The molecule has 1 rings (SSSR count). The SMILES string of the molecule is CCC(CC)(CO)Nc1ccnc(C#N)c1.